The highest BCUT2D eigenvalue weighted by Crippen LogP contribution is 2.30. The van der Waals surface area contributed by atoms with Crippen LogP contribution < -0.4 is 15.8 Å². The number of anilines is 2. The molecule has 0 atom stereocenters. The Morgan fingerprint density at radius 3 is 2.40 bits per heavy atom. The second kappa shape index (κ2) is 8.68. The van der Waals surface area contributed by atoms with Crippen molar-refractivity contribution in [2.24, 2.45) is 5.92 Å². The quantitative estimate of drug-likeness (QED) is 0.571. The Labute approximate surface area is 148 Å². The molecular formula is C20H23N3O2. The largest absolute Gasteiger partial charge is 0.497 e. The fourth-order valence-corrected chi connectivity index (χ4v) is 2.12. The standard InChI is InChI=1S/C11H13NO2.C9H10N2/c1-14-10-6-4-9(5-7-10)12-11(13)8-2-3-8;1-2-8(10)7-5-3-4-6-9(7)11/h4-8H,2-3H2,1H3,(H,12,13);2-6,10H,1,11H2. The van der Waals surface area contributed by atoms with Crippen molar-refractivity contribution in [3.05, 3.63) is 66.7 Å². The molecule has 0 unspecified atom stereocenters. The third-order valence-electron chi connectivity index (χ3n) is 3.76. The minimum absolute atomic E-state index is 0.134. The second-order valence-corrected chi connectivity index (χ2v) is 5.70. The molecule has 25 heavy (non-hydrogen) atoms. The molecule has 4 N–H and O–H groups in total. The van der Waals surface area contributed by atoms with E-state index in [0.29, 0.717) is 11.4 Å². The first-order valence-corrected chi connectivity index (χ1v) is 8.06. The number of carbonyl (C=O) groups is 1. The van der Waals surface area contributed by atoms with E-state index in [1.807, 2.05) is 36.4 Å². The molecule has 0 radical (unpaired) electrons. The molecule has 0 saturated heterocycles. The van der Waals surface area contributed by atoms with Gasteiger partial charge in [-0.05, 0) is 49.2 Å². The molecule has 1 saturated carbocycles. The normalized spacial score (nSPS) is 12.4. The third kappa shape index (κ3) is 5.49. The van der Waals surface area contributed by atoms with Gasteiger partial charge in [-0.1, -0.05) is 24.8 Å². The number of rotatable bonds is 5. The highest BCUT2D eigenvalue weighted by molar-refractivity contribution is 6.09. The predicted octanol–water partition coefficient (Wildman–Crippen LogP) is 3.87. The SMILES string of the molecule is C=CC(=N)c1ccccc1N.COc1ccc(NC(=O)C2CC2)cc1. The number of hydrogen-bond donors (Lipinski definition) is 3. The number of hydrogen-bond acceptors (Lipinski definition) is 4. The Morgan fingerprint density at radius 1 is 1.24 bits per heavy atom. The minimum Gasteiger partial charge on any atom is -0.497 e. The van der Waals surface area contributed by atoms with Gasteiger partial charge in [-0.3, -0.25) is 4.79 Å². The van der Waals surface area contributed by atoms with Crippen LogP contribution in [0.4, 0.5) is 11.4 Å². The average molecular weight is 337 g/mol. The van der Waals surface area contributed by atoms with E-state index in [0.717, 1.165) is 29.8 Å². The Kier molecular flexibility index (Phi) is 6.34. The summed E-state index contributed by atoms with van der Waals surface area (Å²) in [5.41, 5.74) is 8.17. The summed E-state index contributed by atoms with van der Waals surface area (Å²) in [6.07, 6.45) is 3.54. The van der Waals surface area contributed by atoms with Crippen LogP contribution in [0.2, 0.25) is 0 Å². The van der Waals surface area contributed by atoms with Crippen molar-refractivity contribution in [1.29, 1.82) is 5.41 Å². The maximum atomic E-state index is 11.4. The number of amides is 1. The molecule has 0 bridgehead atoms. The summed E-state index contributed by atoms with van der Waals surface area (Å²) in [6, 6.07) is 14.6. The fourth-order valence-electron chi connectivity index (χ4n) is 2.12. The molecule has 2 aromatic carbocycles. The summed E-state index contributed by atoms with van der Waals surface area (Å²) < 4.78 is 5.02. The molecule has 0 aliphatic heterocycles. The fraction of sp³-hybridized carbons (Fsp3) is 0.200. The van der Waals surface area contributed by atoms with Crippen LogP contribution >= 0.6 is 0 Å². The topological polar surface area (TPSA) is 88.2 Å². The molecule has 5 nitrogen and oxygen atoms in total. The van der Waals surface area contributed by atoms with E-state index in [4.69, 9.17) is 15.9 Å². The van der Waals surface area contributed by atoms with Crippen LogP contribution in [0.15, 0.2) is 61.2 Å². The highest BCUT2D eigenvalue weighted by Gasteiger charge is 2.29. The number of nitrogens with two attached hydrogens (primary N) is 1. The summed E-state index contributed by atoms with van der Waals surface area (Å²) in [5.74, 6) is 1.18. The lowest BCUT2D eigenvalue weighted by molar-refractivity contribution is -0.117. The van der Waals surface area contributed by atoms with E-state index >= 15 is 0 Å². The molecule has 1 aliphatic rings. The van der Waals surface area contributed by atoms with Gasteiger partial charge in [-0.25, -0.2) is 0 Å². The van der Waals surface area contributed by atoms with Crippen molar-refractivity contribution in [3.63, 3.8) is 0 Å². The summed E-state index contributed by atoms with van der Waals surface area (Å²) in [4.78, 5) is 11.4. The van der Waals surface area contributed by atoms with Gasteiger partial charge in [0.2, 0.25) is 5.91 Å². The van der Waals surface area contributed by atoms with Crippen molar-refractivity contribution < 1.29 is 9.53 Å². The molecular weight excluding hydrogens is 314 g/mol. The molecule has 1 amide bonds. The summed E-state index contributed by atoms with van der Waals surface area (Å²) in [7, 11) is 1.62. The van der Waals surface area contributed by atoms with Crippen LogP contribution in [-0.4, -0.2) is 18.7 Å². The van der Waals surface area contributed by atoms with Crippen LogP contribution in [0.25, 0.3) is 0 Å². The molecule has 1 fully saturated rings. The average Bonchev–Trinajstić information content (AvgIpc) is 3.48. The van der Waals surface area contributed by atoms with Gasteiger partial charge in [0.25, 0.3) is 0 Å². The Hall–Kier alpha value is -3.08. The molecule has 130 valence electrons. The molecule has 0 aromatic heterocycles. The second-order valence-electron chi connectivity index (χ2n) is 5.70. The zero-order valence-electron chi connectivity index (χ0n) is 14.3. The van der Waals surface area contributed by atoms with E-state index in [-0.39, 0.29) is 11.8 Å². The maximum Gasteiger partial charge on any atom is 0.227 e. The number of methoxy groups -OCH3 is 1. The van der Waals surface area contributed by atoms with Crippen molar-refractivity contribution in [2.75, 3.05) is 18.2 Å². The van der Waals surface area contributed by atoms with Gasteiger partial charge >= 0.3 is 0 Å². The Bertz CT molecular complexity index is 750. The van der Waals surface area contributed by atoms with Crippen LogP contribution in [-0.2, 0) is 4.79 Å². The van der Waals surface area contributed by atoms with E-state index in [2.05, 4.69) is 11.9 Å². The summed E-state index contributed by atoms with van der Waals surface area (Å²) in [5, 5.41) is 10.3. The molecule has 5 heteroatoms. The van der Waals surface area contributed by atoms with Crippen LogP contribution in [0.5, 0.6) is 5.75 Å². The third-order valence-corrected chi connectivity index (χ3v) is 3.76. The van der Waals surface area contributed by atoms with Crippen molar-refractivity contribution in [1.82, 2.24) is 0 Å². The van der Waals surface area contributed by atoms with E-state index in [1.54, 1.807) is 19.2 Å². The van der Waals surface area contributed by atoms with E-state index in [1.165, 1.54) is 6.08 Å². The van der Waals surface area contributed by atoms with Gasteiger partial charge in [0.1, 0.15) is 5.75 Å². The summed E-state index contributed by atoms with van der Waals surface area (Å²) >= 11 is 0. The highest BCUT2D eigenvalue weighted by atomic mass is 16.5. The lowest BCUT2D eigenvalue weighted by Crippen LogP contribution is -2.12. The number of allylic oxidation sites excluding steroid dienone is 1. The van der Waals surface area contributed by atoms with Gasteiger partial charge in [0, 0.05) is 22.9 Å². The lowest BCUT2D eigenvalue weighted by atomic mass is 10.1. The first-order valence-electron chi connectivity index (χ1n) is 8.06. The number of carbonyl (C=O) groups excluding carboxylic acids is 1. The van der Waals surface area contributed by atoms with Crippen molar-refractivity contribution >= 4 is 23.0 Å². The smallest absolute Gasteiger partial charge is 0.227 e. The minimum atomic E-state index is 0.134. The number of ether oxygens (including phenoxy) is 1. The van der Waals surface area contributed by atoms with Crippen molar-refractivity contribution in [3.8, 4) is 5.75 Å². The van der Waals surface area contributed by atoms with Gasteiger partial charge in [-0.15, -0.1) is 0 Å². The number of nitrogens with one attached hydrogen (secondary N) is 2. The van der Waals surface area contributed by atoms with Crippen LogP contribution in [0, 0.1) is 11.3 Å². The summed E-state index contributed by atoms with van der Waals surface area (Å²) in [6.45, 7) is 3.50. The molecule has 0 heterocycles. The van der Waals surface area contributed by atoms with Gasteiger partial charge in [-0.2, -0.15) is 0 Å². The van der Waals surface area contributed by atoms with E-state index < -0.39 is 0 Å². The zero-order valence-corrected chi connectivity index (χ0v) is 14.3. The molecule has 3 rings (SSSR count). The Morgan fingerprint density at radius 2 is 1.88 bits per heavy atom. The molecule has 1 aliphatic carbocycles. The van der Waals surface area contributed by atoms with Gasteiger partial charge < -0.3 is 21.2 Å². The number of nitrogen functional groups attached to an aromatic ring is 1. The zero-order chi connectivity index (χ0) is 18.2. The monoisotopic (exact) mass is 337 g/mol. The molecule has 0 spiro atoms. The van der Waals surface area contributed by atoms with Crippen molar-refractivity contribution in [2.45, 2.75) is 12.8 Å². The van der Waals surface area contributed by atoms with Crippen LogP contribution in [0.1, 0.15) is 18.4 Å². The Balaban J connectivity index is 0.000000186. The lowest BCUT2D eigenvalue weighted by Gasteiger charge is -2.04. The molecule has 2 aromatic rings. The van der Waals surface area contributed by atoms with Gasteiger partial charge in [0.05, 0.1) is 12.8 Å². The van der Waals surface area contributed by atoms with Gasteiger partial charge in [0.15, 0.2) is 0 Å². The maximum absolute atomic E-state index is 11.4. The number of para-hydroxylation sites is 1. The first kappa shape index (κ1) is 18.3. The van der Waals surface area contributed by atoms with E-state index in [9.17, 15) is 4.79 Å². The van der Waals surface area contributed by atoms with Crippen LogP contribution in [0.3, 0.4) is 0 Å². The predicted molar refractivity (Wildman–Crippen MR) is 102 cm³/mol. The first-order chi connectivity index (χ1) is 12.0. The number of benzene rings is 2.